The van der Waals surface area contributed by atoms with E-state index in [4.69, 9.17) is 0 Å². The summed E-state index contributed by atoms with van der Waals surface area (Å²) in [6.07, 6.45) is 4.74. The number of aromatic nitrogens is 2. The molecule has 4 nitrogen and oxygen atoms in total. The average Bonchev–Trinajstić information content (AvgIpc) is 2.66. The first-order chi connectivity index (χ1) is 7.95. The molecule has 0 saturated heterocycles. The second kappa shape index (κ2) is 6.17. The lowest BCUT2D eigenvalue weighted by atomic mass is 9.99. The molecule has 0 aromatic carbocycles. The zero-order valence-electron chi connectivity index (χ0n) is 11.4. The molecule has 0 aliphatic carbocycles. The van der Waals surface area contributed by atoms with Crippen molar-refractivity contribution in [3.63, 3.8) is 0 Å². The molecule has 17 heavy (non-hydrogen) atoms. The third kappa shape index (κ3) is 4.48. The molecule has 1 atom stereocenters. The van der Waals surface area contributed by atoms with Gasteiger partial charge in [0.05, 0.1) is 6.20 Å². The number of nitrogens with zero attached hydrogens (tertiary/aromatic N) is 2. The number of rotatable bonds is 7. The summed E-state index contributed by atoms with van der Waals surface area (Å²) < 4.78 is 1.88. The maximum atomic E-state index is 10.4. The molecule has 2 N–H and O–H groups in total. The van der Waals surface area contributed by atoms with Gasteiger partial charge in [0, 0.05) is 24.8 Å². The van der Waals surface area contributed by atoms with Crippen molar-refractivity contribution in [2.45, 2.75) is 46.3 Å². The summed E-state index contributed by atoms with van der Waals surface area (Å²) in [5, 5.41) is 17.9. The third-order valence-electron chi connectivity index (χ3n) is 2.73. The zero-order chi connectivity index (χ0) is 12.9. The molecular formula is C13H25N3O. The van der Waals surface area contributed by atoms with Gasteiger partial charge in [-0.25, -0.2) is 0 Å². The van der Waals surface area contributed by atoms with Crippen molar-refractivity contribution in [2.75, 3.05) is 13.1 Å². The molecule has 1 rings (SSSR count). The van der Waals surface area contributed by atoms with Crippen LogP contribution in [0.4, 0.5) is 0 Å². The molecule has 0 saturated carbocycles. The molecule has 4 heteroatoms. The molecule has 0 radical (unpaired) electrons. The lowest BCUT2D eigenvalue weighted by Gasteiger charge is -2.23. The van der Waals surface area contributed by atoms with Crippen LogP contribution in [-0.2, 0) is 12.1 Å². The Labute approximate surface area is 104 Å². The number of aliphatic hydroxyl groups is 1. The van der Waals surface area contributed by atoms with Gasteiger partial charge in [-0.2, -0.15) is 5.10 Å². The van der Waals surface area contributed by atoms with Gasteiger partial charge in [-0.15, -0.1) is 0 Å². The standard InChI is InChI=1S/C13H25N3O/c1-5-6-16-9-12(8-15-16)13(4,17)10-14-7-11(2)3/h8-9,11,14,17H,5-7,10H2,1-4H3. The van der Waals surface area contributed by atoms with Crippen LogP contribution < -0.4 is 5.32 Å². The van der Waals surface area contributed by atoms with Crippen molar-refractivity contribution < 1.29 is 5.11 Å². The van der Waals surface area contributed by atoms with Crippen molar-refractivity contribution >= 4 is 0 Å². The summed E-state index contributed by atoms with van der Waals surface area (Å²) in [6.45, 7) is 10.6. The minimum absolute atomic E-state index is 0.559. The fourth-order valence-corrected chi connectivity index (χ4v) is 1.70. The Bertz CT molecular complexity index is 331. The van der Waals surface area contributed by atoms with Crippen LogP contribution in [0.3, 0.4) is 0 Å². The molecule has 0 fully saturated rings. The maximum absolute atomic E-state index is 10.4. The second-order valence-electron chi connectivity index (χ2n) is 5.29. The highest BCUT2D eigenvalue weighted by molar-refractivity contribution is 5.14. The van der Waals surface area contributed by atoms with Crippen molar-refractivity contribution in [1.29, 1.82) is 0 Å². The number of nitrogens with one attached hydrogen (secondary N) is 1. The Morgan fingerprint density at radius 1 is 1.53 bits per heavy atom. The molecule has 0 amide bonds. The van der Waals surface area contributed by atoms with E-state index in [1.807, 2.05) is 17.8 Å². The van der Waals surface area contributed by atoms with Crippen LogP contribution in [0.25, 0.3) is 0 Å². The van der Waals surface area contributed by atoms with Gasteiger partial charge >= 0.3 is 0 Å². The molecule has 0 spiro atoms. The highest BCUT2D eigenvalue weighted by atomic mass is 16.3. The lowest BCUT2D eigenvalue weighted by Crippen LogP contribution is -2.36. The van der Waals surface area contributed by atoms with Gasteiger partial charge in [0.25, 0.3) is 0 Å². The van der Waals surface area contributed by atoms with Crippen molar-refractivity contribution in [1.82, 2.24) is 15.1 Å². The fourth-order valence-electron chi connectivity index (χ4n) is 1.70. The van der Waals surface area contributed by atoms with Crippen LogP contribution in [0.1, 0.15) is 39.7 Å². The van der Waals surface area contributed by atoms with E-state index >= 15 is 0 Å². The van der Waals surface area contributed by atoms with Crippen LogP contribution in [0.15, 0.2) is 12.4 Å². The van der Waals surface area contributed by atoms with Crippen molar-refractivity contribution in [3.8, 4) is 0 Å². The van der Waals surface area contributed by atoms with Crippen molar-refractivity contribution in [2.24, 2.45) is 5.92 Å². The smallest absolute Gasteiger partial charge is 0.102 e. The number of hydrogen-bond acceptors (Lipinski definition) is 3. The minimum atomic E-state index is -0.846. The third-order valence-corrected chi connectivity index (χ3v) is 2.73. The number of aryl methyl sites for hydroxylation is 1. The van der Waals surface area contributed by atoms with Gasteiger partial charge in [-0.05, 0) is 25.8 Å². The molecule has 0 aliphatic heterocycles. The Kier molecular flexibility index (Phi) is 5.15. The van der Waals surface area contributed by atoms with E-state index in [-0.39, 0.29) is 0 Å². The van der Waals surface area contributed by atoms with Crippen LogP contribution in [0.2, 0.25) is 0 Å². The maximum Gasteiger partial charge on any atom is 0.102 e. The van der Waals surface area contributed by atoms with Crippen molar-refractivity contribution in [3.05, 3.63) is 18.0 Å². The molecule has 98 valence electrons. The molecule has 1 aromatic heterocycles. The molecule has 1 aromatic rings. The SMILES string of the molecule is CCCn1cc(C(C)(O)CNCC(C)C)cn1. The summed E-state index contributed by atoms with van der Waals surface area (Å²) in [7, 11) is 0. The Morgan fingerprint density at radius 2 is 2.24 bits per heavy atom. The van der Waals surface area contributed by atoms with E-state index in [9.17, 15) is 5.11 Å². The normalized spacial score (nSPS) is 15.2. The summed E-state index contributed by atoms with van der Waals surface area (Å²) in [4.78, 5) is 0. The molecule has 0 aliphatic rings. The van der Waals surface area contributed by atoms with E-state index < -0.39 is 5.60 Å². The second-order valence-corrected chi connectivity index (χ2v) is 5.29. The first-order valence-corrected chi connectivity index (χ1v) is 6.41. The van der Waals surface area contributed by atoms with E-state index in [2.05, 4.69) is 31.2 Å². The predicted molar refractivity (Wildman–Crippen MR) is 69.8 cm³/mol. The van der Waals surface area contributed by atoms with Gasteiger partial charge < -0.3 is 10.4 Å². The highest BCUT2D eigenvalue weighted by Crippen LogP contribution is 2.18. The first kappa shape index (κ1) is 14.2. The average molecular weight is 239 g/mol. The molecular weight excluding hydrogens is 214 g/mol. The molecule has 0 bridgehead atoms. The minimum Gasteiger partial charge on any atom is -0.384 e. The summed E-state index contributed by atoms with van der Waals surface area (Å²) in [6, 6.07) is 0. The zero-order valence-corrected chi connectivity index (χ0v) is 11.4. The Balaban J connectivity index is 2.55. The molecule has 1 unspecified atom stereocenters. The van der Waals surface area contributed by atoms with Crippen LogP contribution >= 0.6 is 0 Å². The monoisotopic (exact) mass is 239 g/mol. The quantitative estimate of drug-likeness (QED) is 0.762. The molecule has 1 heterocycles. The lowest BCUT2D eigenvalue weighted by molar-refractivity contribution is 0.0563. The van der Waals surface area contributed by atoms with Gasteiger partial charge in [0.1, 0.15) is 5.60 Å². The summed E-state index contributed by atoms with van der Waals surface area (Å²) in [5.41, 5.74) is 0.0307. The van der Waals surface area contributed by atoms with Gasteiger partial charge in [-0.1, -0.05) is 20.8 Å². The Hall–Kier alpha value is -0.870. The van der Waals surface area contributed by atoms with Gasteiger partial charge in [0.2, 0.25) is 0 Å². The Morgan fingerprint density at radius 3 is 2.82 bits per heavy atom. The van der Waals surface area contributed by atoms with Crippen LogP contribution in [0.5, 0.6) is 0 Å². The fraction of sp³-hybridized carbons (Fsp3) is 0.769. The first-order valence-electron chi connectivity index (χ1n) is 6.41. The predicted octanol–water partition coefficient (Wildman–Crippen LogP) is 1.75. The van der Waals surface area contributed by atoms with Gasteiger partial charge in [0.15, 0.2) is 0 Å². The van der Waals surface area contributed by atoms with Gasteiger partial charge in [-0.3, -0.25) is 4.68 Å². The summed E-state index contributed by atoms with van der Waals surface area (Å²) >= 11 is 0. The number of hydrogen-bond donors (Lipinski definition) is 2. The van der Waals surface area contributed by atoms with E-state index in [0.29, 0.717) is 12.5 Å². The van der Waals surface area contributed by atoms with Crippen LogP contribution in [-0.4, -0.2) is 28.0 Å². The highest BCUT2D eigenvalue weighted by Gasteiger charge is 2.24. The van der Waals surface area contributed by atoms with E-state index in [1.54, 1.807) is 6.20 Å². The topological polar surface area (TPSA) is 50.1 Å². The van der Waals surface area contributed by atoms with Crippen LogP contribution in [0, 0.1) is 5.92 Å². The van der Waals surface area contributed by atoms with E-state index in [1.165, 1.54) is 0 Å². The largest absolute Gasteiger partial charge is 0.384 e. The van der Waals surface area contributed by atoms with E-state index in [0.717, 1.165) is 25.1 Å². The summed E-state index contributed by atoms with van der Waals surface area (Å²) in [5.74, 6) is 0.591.